The van der Waals surface area contributed by atoms with Gasteiger partial charge in [0.1, 0.15) is 5.54 Å². The number of ketones is 1. The minimum Gasteiger partial charge on any atom is -0.548 e. The number of carboxylic acids is 1. The summed E-state index contributed by atoms with van der Waals surface area (Å²) in [5.41, 5.74) is 8.34. The predicted molar refractivity (Wildman–Crippen MR) is 36.3 cm³/mol. The molecule has 4 N–H and O–H groups in total. The highest BCUT2D eigenvalue weighted by Gasteiger charge is 2.36. The van der Waals surface area contributed by atoms with E-state index in [9.17, 15) is 14.7 Å². The average Bonchev–Trinajstić information content (AvgIpc) is 1.84. The lowest BCUT2D eigenvalue weighted by Gasteiger charge is -2.31. The molecule has 0 aliphatic rings. The maximum absolute atomic E-state index is 10.7. The third-order valence-corrected chi connectivity index (χ3v) is 1.64. The highest BCUT2D eigenvalue weighted by Crippen LogP contribution is 2.04. The van der Waals surface area contributed by atoms with Gasteiger partial charge in [0.25, 0.3) is 0 Å². The van der Waals surface area contributed by atoms with E-state index >= 15 is 0 Å². The molecule has 0 aromatic heterocycles. The second kappa shape index (κ2) is 2.98. The average molecular weight is 159 g/mol. The Labute approximate surface area is 64.4 Å². The van der Waals surface area contributed by atoms with Crippen LogP contribution in [0.15, 0.2) is 0 Å². The smallest absolute Gasteiger partial charge is 0.156 e. The fraction of sp³-hybridized carbons (Fsp3) is 0.667. The molecule has 0 amide bonds. The topological polar surface area (TPSA) is 109 Å². The molecule has 0 saturated heterocycles. The van der Waals surface area contributed by atoms with Crippen molar-refractivity contribution in [3.8, 4) is 0 Å². The zero-order valence-electron chi connectivity index (χ0n) is 6.46. The largest absolute Gasteiger partial charge is 0.548 e. The van der Waals surface area contributed by atoms with Crippen LogP contribution >= 0.6 is 0 Å². The van der Waals surface area contributed by atoms with Gasteiger partial charge >= 0.3 is 0 Å². The van der Waals surface area contributed by atoms with Gasteiger partial charge in [0.05, 0.1) is 5.97 Å². The van der Waals surface area contributed by atoms with Gasteiger partial charge in [0.2, 0.25) is 0 Å². The van der Waals surface area contributed by atoms with E-state index < -0.39 is 23.3 Å². The number of rotatable bonds is 3. The van der Waals surface area contributed by atoms with Crippen LogP contribution in [0.1, 0.15) is 13.8 Å². The second-order valence-electron chi connectivity index (χ2n) is 2.50. The van der Waals surface area contributed by atoms with Gasteiger partial charge in [-0.3, -0.25) is 4.79 Å². The highest BCUT2D eigenvalue weighted by atomic mass is 16.4. The Morgan fingerprint density at radius 3 is 1.91 bits per heavy atom. The van der Waals surface area contributed by atoms with Crippen molar-refractivity contribution < 1.29 is 14.7 Å². The van der Waals surface area contributed by atoms with Crippen LogP contribution in [0.25, 0.3) is 0 Å². The molecule has 0 fully saturated rings. The summed E-state index contributed by atoms with van der Waals surface area (Å²) in [4.78, 5) is 21.1. The summed E-state index contributed by atoms with van der Waals surface area (Å²) in [6.07, 6.45) is 0. The molecule has 5 heteroatoms. The highest BCUT2D eigenvalue weighted by molar-refractivity contribution is 6.06. The number of carbonyl (C=O) groups excluding carboxylic acids is 2. The molecule has 0 aromatic carbocycles. The fourth-order valence-electron chi connectivity index (χ4n) is 0.650. The Bertz CT molecular complexity index is 174. The van der Waals surface area contributed by atoms with Crippen molar-refractivity contribution >= 4 is 11.8 Å². The molecule has 0 aromatic rings. The zero-order valence-corrected chi connectivity index (χ0v) is 6.46. The first-order valence-corrected chi connectivity index (χ1v) is 3.10. The van der Waals surface area contributed by atoms with E-state index in [4.69, 9.17) is 11.5 Å². The molecule has 2 atom stereocenters. The molecule has 0 radical (unpaired) electrons. The lowest BCUT2D eigenvalue weighted by molar-refractivity contribution is -0.311. The summed E-state index contributed by atoms with van der Waals surface area (Å²) in [5.74, 6) is -2.34. The summed E-state index contributed by atoms with van der Waals surface area (Å²) in [5, 5.41) is 10.4. The van der Waals surface area contributed by atoms with Crippen molar-refractivity contribution in [3.63, 3.8) is 0 Å². The number of carboxylic acid groups (broad SMARTS) is 1. The van der Waals surface area contributed by atoms with Gasteiger partial charge in [-0.25, -0.2) is 0 Å². The van der Waals surface area contributed by atoms with Crippen LogP contribution in [0.2, 0.25) is 0 Å². The van der Waals surface area contributed by atoms with Crippen molar-refractivity contribution in [2.45, 2.75) is 25.4 Å². The Morgan fingerprint density at radius 1 is 1.55 bits per heavy atom. The van der Waals surface area contributed by atoms with E-state index in [0.29, 0.717) is 0 Å². The molecule has 0 spiro atoms. The number of nitrogens with two attached hydrogens (primary N) is 2. The minimum atomic E-state index is -2.06. The standard InChI is InChI=1S/C6H12N2O3/c1-3(7)6(8,4(2)9)5(10)11/h3H,7-8H2,1-2H3,(H,10,11)/p-1. The van der Waals surface area contributed by atoms with E-state index in [1.54, 1.807) is 0 Å². The number of Topliss-reactive ketones (excluding diaryl/α,β-unsaturated/α-hetero) is 1. The predicted octanol–water partition coefficient (Wildman–Crippen LogP) is -2.63. The first kappa shape index (κ1) is 10.1. The minimum absolute atomic E-state index is 0.701. The molecule has 64 valence electrons. The molecule has 5 nitrogen and oxygen atoms in total. The quantitative estimate of drug-likeness (QED) is 0.438. The van der Waals surface area contributed by atoms with Gasteiger partial charge < -0.3 is 21.4 Å². The van der Waals surface area contributed by atoms with Crippen molar-refractivity contribution in [1.82, 2.24) is 0 Å². The molecular weight excluding hydrogens is 148 g/mol. The molecule has 0 rings (SSSR count). The molecule has 0 saturated carbocycles. The van der Waals surface area contributed by atoms with Crippen LogP contribution in [-0.2, 0) is 9.59 Å². The van der Waals surface area contributed by atoms with Crippen molar-refractivity contribution in [2.75, 3.05) is 0 Å². The Kier molecular flexibility index (Phi) is 2.72. The molecule has 0 aliphatic heterocycles. The van der Waals surface area contributed by atoms with Crippen LogP contribution in [-0.4, -0.2) is 23.3 Å². The summed E-state index contributed by atoms with van der Waals surface area (Å²) >= 11 is 0. The fourth-order valence-corrected chi connectivity index (χ4v) is 0.650. The monoisotopic (exact) mass is 159 g/mol. The Balaban J connectivity index is 4.82. The van der Waals surface area contributed by atoms with Crippen molar-refractivity contribution in [1.29, 1.82) is 0 Å². The van der Waals surface area contributed by atoms with E-state index in [1.165, 1.54) is 6.92 Å². The number of aliphatic carboxylic acids is 1. The third-order valence-electron chi connectivity index (χ3n) is 1.64. The summed E-state index contributed by atoms with van der Waals surface area (Å²) < 4.78 is 0. The lowest BCUT2D eigenvalue weighted by atomic mass is 9.89. The van der Waals surface area contributed by atoms with Crippen LogP contribution < -0.4 is 16.6 Å². The van der Waals surface area contributed by atoms with Gasteiger partial charge in [0.15, 0.2) is 5.78 Å². The molecule has 0 bridgehead atoms. The summed E-state index contributed by atoms with van der Waals surface area (Å²) in [6.45, 7) is 2.41. The Morgan fingerprint density at radius 2 is 1.91 bits per heavy atom. The first-order chi connectivity index (χ1) is 4.83. The maximum atomic E-state index is 10.7. The van der Waals surface area contributed by atoms with E-state index in [1.807, 2.05) is 0 Å². The Hall–Kier alpha value is -0.940. The normalized spacial score (nSPS) is 18.5. The van der Waals surface area contributed by atoms with E-state index in [0.717, 1.165) is 6.92 Å². The van der Waals surface area contributed by atoms with Gasteiger partial charge in [-0.1, -0.05) is 0 Å². The van der Waals surface area contributed by atoms with Crippen molar-refractivity contribution in [2.24, 2.45) is 11.5 Å². The molecule has 0 aliphatic carbocycles. The van der Waals surface area contributed by atoms with Crippen LogP contribution in [0.4, 0.5) is 0 Å². The van der Waals surface area contributed by atoms with Gasteiger partial charge in [-0.05, 0) is 13.8 Å². The zero-order chi connectivity index (χ0) is 9.23. The van der Waals surface area contributed by atoms with Crippen molar-refractivity contribution in [3.05, 3.63) is 0 Å². The first-order valence-electron chi connectivity index (χ1n) is 3.10. The van der Waals surface area contributed by atoms with Gasteiger partial charge in [-0.2, -0.15) is 0 Å². The number of hydrogen-bond acceptors (Lipinski definition) is 5. The molecule has 11 heavy (non-hydrogen) atoms. The van der Waals surface area contributed by atoms with Gasteiger partial charge in [0, 0.05) is 6.04 Å². The van der Waals surface area contributed by atoms with Gasteiger partial charge in [-0.15, -0.1) is 0 Å². The van der Waals surface area contributed by atoms with Crippen LogP contribution in [0, 0.1) is 0 Å². The number of carbonyl (C=O) groups is 2. The van der Waals surface area contributed by atoms with Crippen LogP contribution in [0.3, 0.4) is 0 Å². The maximum Gasteiger partial charge on any atom is 0.156 e. The molecular formula is C6H11N2O3-. The van der Waals surface area contributed by atoms with Crippen LogP contribution in [0.5, 0.6) is 0 Å². The van der Waals surface area contributed by atoms with E-state index in [2.05, 4.69) is 0 Å². The second-order valence-corrected chi connectivity index (χ2v) is 2.50. The summed E-state index contributed by atoms with van der Waals surface area (Å²) in [6, 6.07) is -0.954. The third kappa shape index (κ3) is 1.55. The van der Waals surface area contributed by atoms with E-state index in [-0.39, 0.29) is 0 Å². The number of hydrogen-bond donors (Lipinski definition) is 2. The SMILES string of the molecule is CC(=O)C(N)(C(=O)[O-])C(C)N. The lowest BCUT2D eigenvalue weighted by Crippen LogP contribution is -2.68. The summed E-state index contributed by atoms with van der Waals surface area (Å²) in [7, 11) is 0. The molecule has 2 unspecified atom stereocenters. The molecule has 0 heterocycles.